The van der Waals surface area contributed by atoms with Gasteiger partial charge in [-0.2, -0.15) is 9.12 Å². The van der Waals surface area contributed by atoms with Gasteiger partial charge in [-0.05, 0) is 0 Å². The summed E-state index contributed by atoms with van der Waals surface area (Å²) in [5, 5.41) is 7.85. The van der Waals surface area contributed by atoms with E-state index in [0.29, 0.717) is 0 Å². The van der Waals surface area contributed by atoms with Gasteiger partial charge < -0.3 is 5.11 Å². The minimum Gasteiger partial charge on any atom is -0.404 e. The summed E-state index contributed by atoms with van der Waals surface area (Å²) >= 11 is 0. The van der Waals surface area contributed by atoms with Crippen molar-refractivity contribution in [3.05, 3.63) is 0 Å². The lowest BCUT2D eigenvalue weighted by molar-refractivity contribution is 0.368. The van der Waals surface area contributed by atoms with E-state index in [1.165, 1.54) is 0 Å². The van der Waals surface area contributed by atoms with Crippen LogP contribution in [0, 0.1) is 0 Å². The molecule has 1 nitrogen and oxygen atoms in total. The minimum atomic E-state index is 0.282. The van der Waals surface area contributed by atoms with Crippen LogP contribution in [0.25, 0.3) is 0 Å². The highest BCUT2D eigenvalue weighted by Crippen LogP contribution is 1.65. The summed E-state index contributed by atoms with van der Waals surface area (Å²) in [5.41, 5.74) is 0. The summed E-state index contributed by atoms with van der Waals surface area (Å²) in [7, 11) is 2.41. The minimum absolute atomic E-state index is 0.282. The van der Waals surface area contributed by atoms with E-state index in [-0.39, 0.29) is 6.51 Å². The van der Waals surface area contributed by atoms with Gasteiger partial charge in [-0.25, -0.2) is 0 Å². The van der Waals surface area contributed by atoms with E-state index < -0.39 is 0 Å². The van der Waals surface area contributed by atoms with Crippen LogP contribution in [-0.2, 0) is 0 Å². The van der Waals surface area contributed by atoms with Crippen molar-refractivity contribution in [2.75, 3.05) is 6.51 Å². The molecular weight excluding hydrogens is 69.8 g/mol. The molecule has 0 saturated heterocycles. The normalized spacial score (nSPS) is 6.50. The maximum Gasteiger partial charge on any atom is 0.176 e. The Morgan fingerprint density at radius 3 is 2.25 bits per heavy atom. The molecule has 0 amide bonds. The highest BCUT2D eigenvalue weighted by Gasteiger charge is 1.63. The first-order valence-electron chi connectivity index (χ1n) is 1.22. The van der Waals surface area contributed by atoms with Crippen LogP contribution in [0.4, 0.5) is 0 Å². The van der Waals surface area contributed by atoms with Crippen LogP contribution < -0.4 is 0 Å². The highest BCUT2D eigenvalue weighted by atomic mass is 31.0. The molecule has 0 aliphatic carbocycles. The van der Waals surface area contributed by atoms with Crippen molar-refractivity contribution in [2.24, 2.45) is 0 Å². The van der Waals surface area contributed by atoms with Gasteiger partial charge in [-0.15, -0.1) is 0 Å². The number of aliphatic hydroxyl groups is 1. The molecule has 0 spiro atoms. The molecule has 0 radical (unpaired) electrons. The zero-order valence-electron chi connectivity index (χ0n) is 2.44. The van der Waals surface area contributed by atoms with Crippen molar-refractivity contribution in [3.63, 3.8) is 0 Å². The van der Waals surface area contributed by atoms with E-state index in [0.717, 1.165) is 7.00 Å². The lowest BCUT2D eigenvalue weighted by atomic mass is 10.2. The van der Waals surface area contributed by atoms with Crippen molar-refractivity contribution in [1.82, 2.24) is 0 Å². The quantitative estimate of drug-likeness (QED) is 0.319. The van der Waals surface area contributed by atoms with Gasteiger partial charge in [0.25, 0.3) is 0 Å². The summed E-state index contributed by atoms with van der Waals surface area (Å²) in [6, 6.07) is 0. The molecule has 0 aromatic carbocycles. The Morgan fingerprint density at radius 2 is 2.25 bits per heavy atom. The highest BCUT2D eigenvalue weighted by molar-refractivity contribution is 7.55. The third-order valence-corrected chi connectivity index (χ3v) is 0.387. The number of hydrogen-bond donors (Lipinski definition) is 1. The first-order valence-corrected chi connectivity index (χ1v) is 2.04. The zero-order chi connectivity index (χ0) is 3.41. The third-order valence-electron chi connectivity index (χ3n) is 0.129. The Labute approximate surface area is 28.8 Å². The molecule has 1 atom stereocenters. The summed E-state index contributed by atoms with van der Waals surface area (Å²) < 4.78 is 0. The molecule has 0 aromatic heterocycles. The van der Waals surface area contributed by atoms with Crippen LogP contribution in [-0.4, -0.2) is 18.6 Å². The Morgan fingerprint density at radius 1 is 2.00 bits per heavy atom. The van der Waals surface area contributed by atoms with Crippen molar-refractivity contribution < 1.29 is 5.11 Å². The Bertz CT molecular complexity index is 10.0. The fourth-order valence-electron chi connectivity index (χ4n) is 0. The monoisotopic (exact) mass is 76.0 g/mol. The summed E-state index contributed by atoms with van der Waals surface area (Å²) in [6.07, 6.45) is 0. The first kappa shape index (κ1) is 4.45. The average molecular weight is 75.8 g/mol. The fourth-order valence-corrected chi connectivity index (χ4v) is 0. The van der Waals surface area contributed by atoms with Gasteiger partial charge in [0.2, 0.25) is 0 Å². The molecule has 0 aromatic rings. The van der Waals surface area contributed by atoms with E-state index in [4.69, 9.17) is 5.11 Å². The van der Waals surface area contributed by atoms with Crippen LogP contribution in [0.1, 0.15) is 0 Å². The molecule has 4 heavy (non-hydrogen) atoms. The third kappa shape index (κ3) is 2.45. The molecule has 3 heteroatoms. The molecule has 1 N–H and O–H groups in total. The lowest BCUT2D eigenvalue weighted by Gasteiger charge is -1.65. The molecular formula is CH6BOP. The summed E-state index contributed by atoms with van der Waals surface area (Å²) in [5.74, 6) is 0. The number of hydrogen-bond acceptors (Lipinski definition) is 1. The van der Waals surface area contributed by atoms with Crippen molar-refractivity contribution >= 4 is 16.1 Å². The lowest BCUT2D eigenvalue weighted by Crippen LogP contribution is -1.81. The van der Waals surface area contributed by atoms with Gasteiger partial charge in [0.05, 0.1) is 0 Å². The van der Waals surface area contributed by atoms with Gasteiger partial charge in [0, 0.05) is 6.51 Å². The van der Waals surface area contributed by atoms with Gasteiger partial charge in [-0.1, -0.05) is 0 Å². The Hall–Kier alpha value is 0.455. The Balaban J connectivity index is 1.97. The van der Waals surface area contributed by atoms with Crippen LogP contribution in [0.5, 0.6) is 0 Å². The SMILES string of the molecule is OCBP. The second-order valence-corrected chi connectivity index (χ2v) is 1.09. The maximum atomic E-state index is 7.85. The number of aliphatic hydroxyl groups excluding tert-OH is 1. The van der Waals surface area contributed by atoms with Crippen LogP contribution in [0.3, 0.4) is 0 Å². The first-order chi connectivity index (χ1) is 1.91. The molecule has 1 unspecified atom stereocenters. The molecule has 0 fully saturated rings. The van der Waals surface area contributed by atoms with E-state index in [9.17, 15) is 0 Å². The predicted octanol–water partition coefficient (Wildman–Crippen LogP) is -0.837. The van der Waals surface area contributed by atoms with Crippen LogP contribution in [0.15, 0.2) is 0 Å². The largest absolute Gasteiger partial charge is 0.404 e. The van der Waals surface area contributed by atoms with E-state index >= 15 is 0 Å². The maximum absolute atomic E-state index is 7.85. The van der Waals surface area contributed by atoms with Crippen molar-refractivity contribution in [2.45, 2.75) is 0 Å². The smallest absolute Gasteiger partial charge is 0.176 e. The molecule has 0 bridgehead atoms. The van der Waals surface area contributed by atoms with Gasteiger partial charge in [-0.3, -0.25) is 0 Å². The van der Waals surface area contributed by atoms with Gasteiger partial charge in [0.1, 0.15) is 0 Å². The predicted molar refractivity (Wildman–Crippen MR) is 23.9 cm³/mol. The van der Waals surface area contributed by atoms with Gasteiger partial charge in [0.15, 0.2) is 7.00 Å². The second-order valence-electron chi connectivity index (χ2n) is 0.512. The second kappa shape index (κ2) is 3.45. The summed E-state index contributed by atoms with van der Waals surface area (Å²) in [6.45, 7) is 1.07. The standard InChI is InChI=1S/CH6BOP/c3-1-2-4/h2-3H,1,4H2. The molecule has 0 aliphatic heterocycles. The average Bonchev–Trinajstić information content (AvgIpc) is 1.37. The van der Waals surface area contributed by atoms with Crippen molar-refractivity contribution in [3.8, 4) is 0 Å². The molecule has 0 saturated carbocycles. The summed E-state index contributed by atoms with van der Waals surface area (Å²) in [4.78, 5) is 0. The zero-order valence-corrected chi connectivity index (χ0v) is 3.59. The van der Waals surface area contributed by atoms with E-state index in [1.807, 2.05) is 0 Å². The van der Waals surface area contributed by atoms with E-state index in [1.54, 1.807) is 0 Å². The fraction of sp³-hybridized carbons (Fsp3) is 1.00. The molecule has 24 valence electrons. The van der Waals surface area contributed by atoms with Crippen molar-refractivity contribution in [1.29, 1.82) is 0 Å². The van der Waals surface area contributed by atoms with Crippen LogP contribution >= 0.6 is 9.12 Å². The molecule has 0 heterocycles. The topological polar surface area (TPSA) is 20.2 Å². The number of rotatable bonds is 1. The van der Waals surface area contributed by atoms with Crippen LogP contribution in [0.2, 0.25) is 0 Å². The Kier molecular flexibility index (Phi) is 3.85. The van der Waals surface area contributed by atoms with E-state index in [2.05, 4.69) is 9.12 Å². The molecule has 0 aliphatic rings. The van der Waals surface area contributed by atoms with Gasteiger partial charge >= 0.3 is 0 Å². The molecule has 0 rings (SSSR count).